The summed E-state index contributed by atoms with van der Waals surface area (Å²) in [5, 5.41) is 0. The van der Waals surface area contributed by atoms with E-state index in [1.807, 2.05) is 32.0 Å². The van der Waals surface area contributed by atoms with Gasteiger partial charge in [-0.2, -0.15) is 0 Å². The molecule has 0 aliphatic rings. The first-order chi connectivity index (χ1) is 8.20. The van der Waals surface area contributed by atoms with Gasteiger partial charge in [0, 0.05) is 12.0 Å². The van der Waals surface area contributed by atoms with Crippen LogP contribution >= 0.6 is 0 Å². The number of carbonyl (C=O) groups is 2. The second kappa shape index (κ2) is 14.6. The maximum absolute atomic E-state index is 10.2. The zero-order valence-electron chi connectivity index (χ0n) is 11.4. The lowest BCUT2D eigenvalue weighted by Gasteiger charge is -1.86. The number of aldehydes is 1. The zero-order valence-corrected chi connectivity index (χ0v) is 11.4. The lowest BCUT2D eigenvalue weighted by molar-refractivity contribution is -0.117. The molecule has 0 aliphatic heterocycles. The Morgan fingerprint density at radius 2 is 1.71 bits per heavy atom. The fourth-order valence-electron chi connectivity index (χ4n) is 0.957. The van der Waals surface area contributed by atoms with Gasteiger partial charge < -0.3 is 4.79 Å². The van der Waals surface area contributed by atoms with Gasteiger partial charge in [0.1, 0.15) is 12.1 Å². The van der Waals surface area contributed by atoms with Crippen LogP contribution in [0.1, 0.15) is 57.3 Å². The SMILES string of the molecule is CC.CCCCC(C)=O.O=Cc1ccccc1. The van der Waals surface area contributed by atoms with Crippen LogP contribution < -0.4 is 0 Å². The van der Waals surface area contributed by atoms with Crippen LogP contribution in [0, 0.1) is 0 Å². The van der Waals surface area contributed by atoms with E-state index in [1.54, 1.807) is 19.1 Å². The fraction of sp³-hybridized carbons (Fsp3) is 0.467. The van der Waals surface area contributed by atoms with Crippen molar-refractivity contribution in [3.05, 3.63) is 35.9 Å². The predicted molar refractivity (Wildman–Crippen MR) is 73.4 cm³/mol. The molecule has 1 aromatic rings. The summed E-state index contributed by atoms with van der Waals surface area (Å²) in [5.74, 6) is 0.307. The highest BCUT2D eigenvalue weighted by Crippen LogP contribution is 1.92. The van der Waals surface area contributed by atoms with E-state index >= 15 is 0 Å². The van der Waals surface area contributed by atoms with Crippen molar-refractivity contribution >= 4 is 12.1 Å². The van der Waals surface area contributed by atoms with Gasteiger partial charge in [0.2, 0.25) is 0 Å². The van der Waals surface area contributed by atoms with E-state index < -0.39 is 0 Å². The first-order valence-corrected chi connectivity index (χ1v) is 6.20. The van der Waals surface area contributed by atoms with Gasteiger partial charge in [0.15, 0.2) is 0 Å². The van der Waals surface area contributed by atoms with Crippen LogP contribution in [0.15, 0.2) is 30.3 Å². The summed E-state index contributed by atoms with van der Waals surface area (Å²) in [6, 6.07) is 9.10. The number of ketones is 1. The Bertz CT molecular complexity index is 278. The van der Waals surface area contributed by atoms with Crippen molar-refractivity contribution in [1.29, 1.82) is 0 Å². The third-order valence-electron chi connectivity index (χ3n) is 1.82. The van der Waals surface area contributed by atoms with E-state index in [0.717, 1.165) is 31.1 Å². The van der Waals surface area contributed by atoms with Crippen molar-refractivity contribution in [2.45, 2.75) is 47.0 Å². The molecule has 2 nitrogen and oxygen atoms in total. The highest BCUT2D eigenvalue weighted by molar-refractivity contribution is 5.75. The molecular formula is C15H24O2. The molecule has 0 atom stereocenters. The molecule has 0 fully saturated rings. The molecule has 96 valence electrons. The van der Waals surface area contributed by atoms with Crippen molar-refractivity contribution < 1.29 is 9.59 Å². The molecule has 0 heterocycles. The third-order valence-corrected chi connectivity index (χ3v) is 1.82. The number of Topliss-reactive ketones (excluding diaryl/α,β-unsaturated/α-hetero) is 1. The van der Waals surface area contributed by atoms with Crippen LogP contribution in [0.4, 0.5) is 0 Å². The number of hydrogen-bond donors (Lipinski definition) is 0. The minimum Gasteiger partial charge on any atom is -0.300 e. The van der Waals surface area contributed by atoms with Gasteiger partial charge in [-0.15, -0.1) is 0 Å². The first kappa shape index (κ1) is 17.9. The van der Waals surface area contributed by atoms with E-state index in [4.69, 9.17) is 0 Å². The minimum absolute atomic E-state index is 0.307. The second-order valence-corrected chi connectivity index (χ2v) is 3.33. The summed E-state index contributed by atoms with van der Waals surface area (Å²) in [7, 11) is 0. The quantitative estimate of drug-likeness (QED) is 0.731. The predicted octanol–water partition coefficient (Wildman–Crippen LogP) is 4.29. The number of benzene rings is 1. The Morgan fingerprint density at radius 1 is 1.18 bits per heavy atom. The molecule has 0 saturated heterocycles. The van der Waals surface area contributed by atoms with Crippen LogP contribution in [0.25, 0.3) is 0 Å². The van der Waals surface area contributed by atoms with Crippen LogP contribution in [0.3, 0.4) is 0 Å². The van der Waals surface area contributed by atoms with Gasteiger partial charge in [-0.25, -0.2) is 0 Å². The van der Waals surface area contributed by atoms with Gasteiger partial charge in [-0.05, 0) is 13.3 Å². The molecule has 0 spiro atoms. The highest BCUT2D eigenvalue weighted by Gasteiger charge is 1.87. The van der Waals surface area contributed by atoms with Gasteiger partial charge in [0.05, 0.1) is 0 Å². The average Bonchev–Trinajstić information content (AvgIpc) is 2.40. The largest absolute Gasteiger partial charge is 0.300 e. The molecule has 0 N–H and O–H groups in total. The van der Waals surface area contributed by atoms with Crippen molar-refractivity contribution in [1.82, 2.24) is 0 Å². The topological polar surface area (TPSA) is 34.1 Å². The summed E-state index contributed by atoms with van der Waals surface area (Å²) in [4.78, 5) is 20.2. The number of unbranched alkanes of at least 4 members (excludes halogenated alkanes) is 1. The Kier molecular flexibility index (Phi) is 15.4. The van der Waals surface area contributed by atoms with Crippen molar-refractivity contribution in [2.24, 2.45) is 0 Å². The molecule has 0 aliphatic carbocycles. The van der Waals surface area contributed by atoms with Crippen LogP contribution in [-0.2, 0) is 4.79 Å². The smallest absolute Gasteiger partial charge is 0.150 e. The van der Waals surface area contributed by atoms with Gasteiger partial charge >= 0.3 is 0 Å². The zero-order chi connectivity index (χ0) is 13.5. The minimum atomic E-state index is 0.307. The number of hydrogen-bond acceptors (Lipinski definition) is 2. The Labute approximate surface area is 105 Å². The number of carbonyl (C=O) groups excluding carboxylic acids is 2. The lowest BCUT2D eigenvalue weighted by atomic mass is 10.2. The average molecular weight is 236 g/mol. The summed E-state index contributed by atoms with van der Waals surface area (Å²) < 4.78 is 0. The normalized spacial score (nSPS) is 8.00. The van der Waals surface area contributed by atoms with E-state index in [2.05, 4.69) is 6.92 Å². The van der Waals surface area contributed by atoms with Gasteiger partial charge in [0.25, 0.3) is 0 Å². The molecule has 0 saturated carbocycles. The molecule has 0 amide bonds. The van der Waals surface area contributed by atoms with Crippen molar-refractivity contribution in [3.63, 3.8) is 0 Å². The Hall–Kier alpha value is -1.44. The summed E-state index contributed by atoms with van der Waals surface area (Å²) in [6.45, 7) is 7.72. The van der Waals surface area contributed by atoms with E-state index in [0.29, 0.717) is 5.78 Å². The molecule has 1 aromatic carbocycles. The molecule has 2 heteroatoms. The standard InChI is InChI=1S/C7H6O.C6H12O.C2H6/c8-6-7-4-2-1-3-5-7;1-3-4-5-6(2)7;1-2/h1-6H;3-5H2,1-2H3;1-2H3. The van der Waals surface area contributed by atoms with Crippen molar-refractivity contribution in [2.75, 3.05) is 0 Å². The maximum Gasteiger partial charge on any atom is 0.150 e. The Balaban J connectivity index is 0. The first-order valence-electron chi connectivity index (χ1n) is 6.20. The van der Waals surface area contributed by atoms with Crippen LogP contribution in [-0.4, -0.2) is 12.1 Å². The second-order valence-electron chi connectivity index (χ2n) is 3.33. The van der Waals surface area contributed by atoms with Gasteiger partial charge in [-0.1, -0.05) is 57.5 Å². The highest BCUT2D eigenvalue weighted by atomic mass is 16.1. The Morgan fingerprint density at radius 3 is 1.94 bits per heavy atom. The monoisotopic (exact) mass is 236 g/mol. The number of rotatable bonds is 4. The van der Waals surface area contributed by atoms with Crippen LogP contribution in [0.2, 0.25) is 0 Å². The van der Waals surface area contributed by atoms with E-state index in [9.17, 15) is 9.59 Å². The molecule has 0 aromatic heterocycles. The summed E-state index contributed by atoms with van der Waals surface area (Å²) >= 11 is 0. The van der Waals surface area contributed by atoms with E-state index in [1.165, 1.54) is 0 Å². The molecule has 17 heavy (non-hydrogen) atoms. The third kappa shape index (κ3) is 14.6. The lowest BCUT2D eigenvalue weighted by Crippen LogP contribution is -1.86. The fourth-order valence-corrected chi connectivity index (χ4v) is 0.957. The van der Waals surface area contributed by atoms with Crippen LogP contribution in [0.5, 0.6) is 0 Å². The molecule has 0 radical (unpaired) electrons. The van der Waals surface area contributed by atoms with Gasteiger partial charge in [-0.3, -0.25) is 4.79 Å². The molecular weight excluding hydrogens is 212 g/mol. The summed E-state index contributed by atoms with van der Waals surface area (Å²) in [5.41, 5.74) is 0.729. The summed E-state index contributed by atoms with van der Waals surface area (Å²) in [6.07, 6.45) is 3.77. The van der Waals surface area contributed by atoms with Crippen molar-refractivity contribution in [3.8, 4) is 0 Å². The maximum atomic E-state index is 10.2. The molecule has 0 bridgehead atoms. The molecule has 0 unspecified atom stereocenters. The van der Waals surface area contributed by atoms with E-state index in [-0.39, 0.29) is 0 Å². The molecule has 1 rings (SSSR count).